The number of hydrogen-bond acceptors (Lipinski definition) is 4. The Labute approximate surface area is 164 Å². The number of sulfonamides is 1. The van der Waals surface area contributed by atoms with Crippen molar-refractivity contribution in [3.8, 4) is 5.75 Å². The normalized spacial score (nSPS) is 11.1. The third kappa shape index (κ3) is 5.32. The van der Waals surface area contributed by atoms with Crippen molar-refractivity contribution in [2.45, 2.75) is 11.4 Å². The van der Waals surface area contributed by atoms with E-state index in [9.17, 15) is 13.2 Å². The van der Waals surface area contributed by atoms with Gasteiger partial charge in [-0.3, -0.25) is 4.79 Å². The predicted molar refractivity (Wildman–Crippen MR) is 106 cm³/mol. The molecule has 2 aromatic rings. The monoisotopic (exact) mass is 408 g/mol. The highest BCUT2D eigenvalue weighted by Crippen LogP contribution is 2.23. The van der Waals surface area contributed by atoms with Crippen molar-refractivity contribution in [2.75, 3.05) is 20.7 Å². The van der Waals surface area contributed by atoms with E-state index in [1.807, 2.05) is 24.3 Å². The highest BCUT2D eigenvalue weighted by atomic mass is 35.5. The molecule has 0 bridgehead atoms. The van der Waals surface area contributed by atoms with Crippen LogP contribution in [0.3, 0.4) is 0 Å². The Kier molecular flexibility index (Phi) is 7.01. The lowest BCUT2D eigenvalue weighted by molar-refractivity contribution is 0.0785. The average Bonchev–Trinajstić information content (AvgIpc) is 2.67. The van der Waals surface area contributed by atoms with Gasteiger partial charge < -0.3 is 9.64 Å². The van der Waals surface area contributed by atoms with Crippen molar-refractivity contribution in [1.29, 1.82) is 0 Å². The molecule has 144 valence electrons. The summed E-state index contributed by atoms with van der Waals surface area (Å²) in [5.74, 6) is 0.401. The van der Waals surface area contributed by atoms with E-state index in [-0.39, 0.29) is 21.4 Å². The number of halogens is 1. The topological polar surface area (TPSA) is 75.7 Å². The maximum absolute atomic E-state index is 12.7. The summed E-state index contributed by atoms with van der Waals surface area (Å²) in [5, 5.41) is 0.0543. The van der Waals surface area contributed by atoms with Crippen molar-refractivity contribution >= 4 is 27.5 Å². The number of nitrogens with one attached hydrogen (secondary N) is 1. The SMILES string of the molecule is C=CCOc1ccc(CN(C)C(=O)c2ccc(Cl)c(S(=O)(=O)NC)c2)cc1. The third-order valence-electron chi connectivity index (χ3n) is 3.79. The van der Waals surface area contributed by atoms with Crippen LogP contribution in [0.5, 0.6) is 5.75 Å². The average molecular weight is 409 g/mol. The Bertz CT molecular complexity index is 927. The van der Waals surface area contributed by atoms with E-state index in [2.05, 4.69) is 11.3 Å². The second kappa shape index (κ2) is 9.03. The van der Waals surface area contributed by atoms with Gasteiger partial charge in [-0.25, -0.2) is 13.1 Å². The second-order valence-electron chi connectivity index (χ2n) is 5.76. The molecule has 2 rings (SSSR count). The van der Waals surface area contributed by atoms with Gasteiger partial charge in [0, 0.05) is 19.2 Å². The van der Waals surface area contributed by atoms with Crippen molar-refractivity contribution in [3.63, 3.8) is 0 Å². The number of carbonyl (C=O) groups excluding carboxylic acids is 1. The van der Waals surface area contributed by atoms with Crippen LogP contribution in [0.4, 0.5) is 0 Å². The maximum atomic E-state index is 12.7. The third-order valence-corrected chi connectivity index (χ3v) is 5.69. The van der Waals surface area contributed by atoms with Crippen LogP contribution in [0.1, 0.15) is 15.9 Å². The fourth-order valence-electron chi connectivity index (χ4n) is 2.36. The van der Waals surface area contributed by atoms with Crippen molar-refractivity contribution in [1.82, 2.24) is 9.62 Å². The molecule has 0 radical (unpaired) electrons. The minimum atomic E-state index is -3.76. The molecule has 1 N–H and O–H groups in total. The van der Waals surface area contributed by atoms with Crippen molar-refractivity contribution in [2.24, 2.45) is 0 Å². The molecule has 0 aliphatic heterocycles. The van der Waals surface area contributed by atoms with E-state index in [1.54, 1.807) is 13.1 Å². The van der Waals surface area contributed by atoms with Gasteiger partial charge in [-0.1, -0.05) is 36.4 Å². The van der Waals surface area contributed by atoms with Gasteiger partial charge in [-0.05, 0) is 42.9 Å². The van der Waals surface area contributed by atoms with Crippen LogP contribution in [0.2, 0.25) is 5.02 Å². The van der Waals surface area contributed by atoms with E-state index < -0.39 is 10.0 Å². The predicted octanol–water partition coefficient (Wildman–Crippen LogP) is 3.09. The van der Waals surface area contributed by atoms with Crippen LogP contribution >= 0.6 is 11.6 Å². The van der Waals surface area contributed by atoms with Gasteiger partial charge in [-0.2, -0.15) is 0 Å². The Hall–Kier alpha value is -2.35. The van der Waals surface area contributed by atoms with E-state index in [0.717, 1.165) is 5.56 Å². The molecular formula is C19H21ClN2O4S. The molecule has 0 heterocycles. The first-order valence-corrected chi connectivity index (χ1v) is 9.96. The zero-order chi connectivity index (χ0) is 20.0. The molecule has 0 spiro atoms. The Morgan fingerprint density at radius 3 is 2.52 bits per heavy atom. The van der Waals surface area contributed by atoms with Crippen LogP contribution < -0.4 is 9.46 Å². The molecular weight excluding hydrogens is 388 g/mol. The van der Waals surface area contributed by atoms with Crippen LogP contribution in [0, 0.1) is 0 Å². The summed E-state index contributed by atoms with van der Waals surface area (Å²) in [6, 6.07) is 11.5. The van der Waals surface area contributed by atoms with Gasteiger partial charge in [0.1, 0.15) is 17.3 Å². The number of nitrogens with zero attached hydrogens (tertiary/aromatic N) is 1. The van der Waals surface area contributed by atoms with Crippen LogP contribution in [0.15, 0.2) is 60.0 Å². The number of benzene rings is 2. The minimum Gasteiger partial charge on any atom is -0.490 e. The second-order valence-corrected chi connectivity index (χ2v) is 8.02. The zero-order valence-electron chi connectivity index (χ0n) is 15.1. The molecule has 6 nitrogen and oxygen atoms in total. The summed E-state index contributed by atoms with van der Waals surface area (Å²) in [6.07, 6.45) is 1.66. The molecule has 0 saturated heterocycles. The van der Waals surface area contributed by atoms with Crippen LogP contribution in [0.25, 0.3) is 0 Å². The summed E-state index contributed by atoms with van der Waals surface area (Å²) in [6.45, 7) is 4.38. The Morgan fingerprint density at radius 2 is 1.93 bits per heavy atom. The number of amides is 1. The molecule has 0 aliphatic rings. The van der Waals surface area contributed by atoms with Crippen LogP contribution in [-0.4, -0.2) is 39.9 Å². The van der Waals surface area contributed by atoms with E-state index in [0.29, 0.717) is 18.9 Å². The molecule has 0 atom stereocenters. The first-order valence-electron chi connectivity index (χ1n) is 8.09. The first kappa shape index (κ1) is 21.0. The molecule has 0 fully saturated rings. The van der Waals surface area contributed by atoms with Gasteiger partial charge in [0.2, 0.25) is 10.0 Å². The summed E-state index contributed by atoms with van der Waals surface area (Å²) in [4.78, 5) is 14.0. The highest BCUT2D eigenvalue weighted by molar-refractivity contribution is 7.89. The number of rotatable bonds is 8. The molecule has 1 amide bonds. The van der Waals surface area contributed by atoms with Gasteiger partial charge in [0.05, 0.1) is 5.02 Å². The Balaban J connectivity index is 2.15. The Morgan fingerprint density at radius 1 is 1.26 bits per heavy atom. The molecule has 0 unspecified atom stereocenters. The fraction of sp³-hybridized carbons (Fsp3) is 0.211. The lowest BCUT2D eigenvalue weighted by atomic mass is 10.1. The fourth-order valence-corrected chi connectivity index (χ4v) is 3.61. The van der Waals surface area contributed by atoms with Crippen LogP contribution in [-0.2, 0) is 16.6 Å². The molecule has 0 saturated carbocycles. The maximum Gasteiger partial charge on any atom is 0.253 e. The molecule has 27 heavy (non-hydrogen) atoms. The van der Waals surface area contributed by atoms with Crippen molar-refractivity contribution in [3.05, 3.63) is 71.3 Å². The van der Waals surface area contributed by atoms with Gasteiger partial charge >= 0.3 is 0 Å². The smallest absolute Gasteiger partial charge is 0.253 e. The summed E-state index contributed by atoms with van der Waals surface area (Å²) in [7, 11) is -0.825. The number of carbonyl (C=O) groups is 1. The van der Waals surface area contributed by atoms with E-state index in [4.69, 9.17) is 16.3 Å². The molecule has 8 heteroatoms. The molecule has 0 aliphatic carbocycles. The van der Waals surface area contributed by atoms with E-state index in [1.165, 1.54) is 30.1 Å². The van der Waals surface area contributed by atoms with Crippen molar-refractivity contribution < 1.29 is 17.9 Å². The quantitative estimate of drug-likeness (QED) is 0.681. The standard InChI is InChI=1S/C19H21ClN2O4S/c1-4-11-26-16-8-5-14(6-9-16)13-22(3)19(23)15-7-10-17(20)18(12-15)27(24,25)21-2/h4-10,12,21H,1,11,13H2,2-3H3. The number of hydrogen-bond donors (Lipinski definition) is 1. The minimum absolute atomic E-state index is 0.0543. The summed E-state index contributed by atoms with van der Waals surface area (Å²) in [5.41, 5.74) is 1.15. The largest absolute Gasteiger partial charge is 0.490 e. The first-order chi connectivity index (χ1) is 12.8. The van der Waals surface area contributed by atoms with E-state index >= 15 is 0 Å². The highest BCUT2D eigenvalue weighted by Gasteiger charge is 2.20. The van der Waals surface area contributed by atoms with Gasteiger partial charge in [0.15, 0.2) is 0 Å². The summed E-state index contributed by atoms with van der Waals surface area (Å²) < 4.78 is 31.7. The zero-order valence-corrected chi connectivity index (χ0v) is 16.7. The lowest BCUT2D eigenvalue weighted by Gasteiger charge is -2.18. The van der Waals surface area contributed by atoms with Gasteiger partial charge in [-0.15, -0.1) is 0 Å². The molecule has 2 aromatic carbocycles. The number of ether oxygens (including phenoxy) is 1. The summed E-state index contributed by atoms with van der Waals surface area (Å²) >= 11 is 5.96. The van der Waals surface area contributed by atoms with Gasteiger partial charge in [0.25, 0.3) is 5.91 Å². The molecule has 0 aromatic heterocycles. The lowest BCUT2D eigenvalue weighted by Crippen LogP contribution is -2.27.